The Morgan fingerprint density at radius 2 is 2.17 bits per heavy atom. The van der Waals surface area contributed by atoms with Crippen LogP contribution in [0.1, 0.15) is 26.7 Å². The summed E-state index contributed by atoms with van der Waals surface area (Å²) < 4.78 is 6.87. The van der Waals surface area contributed by atoms with Gasteiger partial charge < -0.3 is 9.09 Å². The molecule has 2 aromatic rings. The van der Waals surface area contributed by atoms with Crippen molar-refractivity contribution in [2.75, 3.05) is 0 Å². The summed E-state index contributed by atoms with van der Waals surface area (Å²) in [6.45, 7) is 5.60. The number of carbonyl (C=O) groups excluding carboxylic acids is 1. The molecule has 0 aromatic carbocycles. The molecule has 0 atom stereocenters. The van der Waals surface area contributed by atoms with Crippen LogP contribution in [0.3, 0.4) is 0 Å². The summed E-state index contributed by atoms with van der Waals surface area (Å²) >= 11 is 0. The van der Waals surface area contributed by atoms with Crippen LogP contribution >= 0.6 is 0 Å². The van der Waals surface area contributed by atoms with E-state index in [-0.39, 0.29) is 12.2 Å². The third kappa shape index (κ3) is 2.47. The molecule has 6 nitrogen and oxygen atoms in total. The molecule has 0 aliphatic heterocycles. The van der Waals surface area contributed by atoms with E-state index in [0.29, 0.717) is 17.5 Å². The second-order valence-electron chi connectivity index (χ2n) is 5.22. The lowest BCUT2D eigenvalue weighted by molar-refractivity contribution is -0.125. The molecule has 96 valence electrons. The third-order valence-corrected chi connectivity index (χ3v) is 2.64. The third-order valence-electron chi connectivity index (χ3n) is 2.64. The van der Waals surface area contributed by atoms with Crippen molar-refractivity contribution in [3.8, 4) is 11.6 Å². The van der Waals surface area contributed by atoms with E-state index in [0.717, 1.165) is 0 Å². The van der Waals surface area contributed by atoms with E-state index >= 15 is 0 Å². The average Bonchev–Trinajstić information content (AvgIpc) is 2.85. The highest BCUT2D eigenvalue weighted by molar-refractivity contribution is 5.84. The first-order valence-corrected chi connectivity index (χ1v) is 5.71. The molecule has 0 radical (unpaired) electrons. The summed E-state index contributed by atoms with van der Waals surface area (Å²) in [5, 5.41) is 3.83. The van der Waals surface area contributed by atoms with Crippen molar-refractivity contribution in [1.29, 1.82) is 0 Å². The van der Waals surface area contributed by atoms with E-state index in [2.05, 4.69) is 15.1 Å². The van der Waals surface area contributed by atoms with E-state index < -0.39 is 5.41 Å². The highest BCUT2D eigenvalue weighted by Gasteiger charge is 2.24. The number of nitrogens with zero attached hydrogens (tertiary/aromatic N) is 4. The highest BCUT2D eigenvalue weighted by atomic mass is 16.5. The number of aryl methyl sites for hydroxylation is 1. The fourth-order valence-electron chi connectivity index (χ4n) is 1.40. The maximum Gasteiger partial charge on any atom is 0.238 e. The number of aromatic nitrogens is 4. The lowest BCUT2D eigenvalue weighted by Gasteiger charge is -2.14. The van der Waals surface area contributed by atoms with Gasteiger partial charge in [-0.1, -0.05) is 25.9 Å². The molecular formula is C12H16N4O2. The summed E-state index contributed by atoms with van der Waals surface area (Å²) in [6.07, 6.45) is 3.61. The fourth-order valence-corrected chi connectivity index (χ4v) is 1.40. The molecule has 0 saturated heterocycles. The zero-order chi connectivity index (χ0) is 13.3. The van der Waals surface area contributed by atoms with E-state index in [9.17, 15) is 4.79 Å². The maximum atomic E-state index is 11.8. The van der Waals surface area contributed by atoms with Gasteiger partial charge in [0.1, 0.15) is 5.78 Å². The topological polar surface area (TPSA) is 73.8 Å². The summed E-state index contributed by atoms with van der Waals surface area (Å²) in [4.78, 5) is 20.2. The number of hydrogen-bond acceptors (Lipinski definition) is 5. The van der Waals surface area contributed by atoms with Gasteiger partial charge in [0.25, 0.3) is 0 Å². The monoisotopic (exact) mass is 248 g/mol. The Labute approximate surface area is 105 Å². The van der Waals surface area contributed by atoms with Crippen LogP contribution in [0, 0.1) is 5.41 Å². The van der Waals surface area contributed by atoms with Gasteiger partial charge in [-0.3, -0.25) is 4.79 Å². The smallest absolute Gasteiger partial charge is 0.238 e. The lowest BCUT2D eigenvalue weighted by Crippen LogP contribution is -2.22. The number of Topliss-reactive ketones (excluding diaryl/α,β-unsaturated/α-hetero) is 1. The van der Waals surface area contributed by atoms with Gasteiger partial charge in [-0.15, -0.1) is 0 Å². The van der Waals surface area contributed by atoms with Crippen LogP contribution in [0.4, 0.5) is 0 Å². The first kappa shape index (κ1) is 12.5. The number of imidazole rings is 1. The van der Waals surface area contributed by atoms with Crippen molar-refractivity contribution in [3.05, 3.63) is 18.3 Å². The molecule has 0 fully saturated rings. The first-order chi connectivity index (χ1) is 8.38. The minimum atomic E-state index is -0.405. The van der Waals surface area contributed by atoms with E-state index in [1.54, 1.807) is 17.0 Å². The SMILES string of the molecule is Cn1ccnc1-c1noc(CC(=O)C(C)(C)C)n1. The molecule has 0 aliphatic rings. The van der Waals surface area contributed by atoms with Gasteiger partial charge in [-0.2, -0.15) is 4.98 Å². The molecule has 2 aromatic heterocycles. The predicted molar refractivity (Wildman–Crippen MR) is 64.7 cm³/mol. The molecular weight excluding hydrogens is 232 g/mol. The number of carbonyl (C=O) groups is 1. The number of ketones is 1. The molecule has 0 spiro atoms. The molecule has 0 unspecified atom stereocenters. The first-order valence-electron chi connectivity index (χ1n) is 5.71. The van der Waals surface area contributed by atoms with Gasteiger partial charge in [-0.05, 0) is 0 Å². The largest absolute Gasteiger partial charge is 0.338 e. The molecule has 0 saturated carbocycles. The van der Waals surface area contributed by atoms with Crippen LogP contribution in [0.5, 0.6) is 0 Å². The lowest BCUT2D eigenvalue weighted by atomic mass is 9.89. The Balaban J connectivity index is 2.17. The quantitative estimate of drug-likeness (QED) is 0.825. The van der Waals surface area contributed by atoms with Crippen LogP contribution in [-0.2, 0) is 18.3 Å². The summed E-state index contributed by atoms with van der Waals surface area (Å²) in [5.41, 5.74) is -0.405. The maximum absolute atomic E-state index is 11.8. The van der Waals surface area contributed by atoms with E-state index in [1.165, 1.54) is 0 Å². The second kappa shape index (κ2) is 4.36. The Morgan fingerprint density at radius 1 is 1.44 bits per heavy atom. The molecule has 18 heavy (non-hydrogen) atoms. The Hall–Kier alpha value is -1.98. The molecule has 2 rings (SSSR count). The number of hydrogen-bond donors (Lipinski definition) is 0. The van der Waals surface area contributed by atoms with Crippen LogP contribution < -0.4 is 0 Å². The van der Waals surface area contributed by atoms with Crippen molar-refractivity contribution in [3.63, 3.8) is 0 Å². The second-order valence-corrected chi connectivity index (χ2v) is 5.22. The molecule has 0 N–H and O–H groups in total. The molecule has 0 bridgehead atoms. The van der Waals surface area contributed by atoms with Crippen molar-refractivity contribution in [2.45, 2.75) is 27.2 Å². The van der Waals surface area contributed by atoms with Crippen LogP contribution in [0.2, 0.25) is 0 Å². The summed E-state index contributed by atoms with van der Waals surface area (Å²) in [5.74, 6) is 1.41. The standard InChI is InChI=1S/C12H16N4O2/c1-12(2,3)8(17)7-9-14-10(15-18-9)11-13-5-6-16(11)4/h5-6H,7H2,1-4H3. The highest BCUT2D eigenvalue weighted by Crippen LogP contribution is 2.18. The Kier molecular flexibility index (Phi) is 3.02. The van der Waals surface area contributed by atoms with Crippen LogP contribution in [0.15, 0.2) is 16.9 Å². The Morgan fingerprint density at radius 3 is 2.72 bits per heavy atom. The van der Waals surface area contributed by atoms with Gasteiger partial charge in [0.15, 0.2) is 5.82 Å². The van der Waals surface area contributed by atoms with Gasteiger partial charge in [-0.25, -0.2) is 4.98 Å². The zero-order valence-corrected chi connectivity index (χ0v) is 11.0. The molecule has 2 heterocycles. The summed E-state index contributed by atoms with van der Waals surface area (Å²) in [7, 11) is 1.85. The van der Waals surface area contributed by atoms with Crippen molar-refractivity contribution in [2.24, 2.45) is 12.5 Å². The Bertz CT molecular complexity index is 563. The van der Waals surface area contributed by atoms with Gasteiger partial charge >= 0.3 is 0 Å². The van der Waals surface area contributed by atoms with Crippen molar-refractivity contribution in [1.82, 2.24) is 19.7 Å². The van der Waals surface area contributed by atoms with Crippen molar-refractivity contribution < 1.29 is 9.32 Å². The van der Waals surface area contributed by atoms with Gasteiger partial charge in [0.2, 0.25) is 11.7 Å². The zero-order valence-electron chi connectivity index (χ0n) is 11.0. The fraction of sp³-hybridized carbons (Fsp3) is 0.500. The minimum absolute atomic E-state index is 0.0672. The van der Waals surface area contributed by atoms with E-state index in [1.807, 2.05) is 27.8 Å². The normalized spacial score (nSPS) is 11.8. The predicted octanol–water partition coefficient (Wildman–Crippen LogP) is 1.63. The van der Waals surface area contributed by atoms with Gasteiger partial charge in [0, 0.05) is 24.9 Å². The molecule has 0 amide bonds. The van der Waals surface area contributed by atoms with E-state index in [4.69, 9.17) is 4.52 Å². The van der Waals surface area contributed by atoms with Gasteiger partial charge in [0.05, 0.1) is 6.42 Å². The van der Waals surface area contributed by atoms with Crippen LogP contribution in [0.25, 0.3) is 11.6 Å². The molecule has 6 heteroatoms. The summed E-state index contributed by atoms with van der Waals surface area (Å²) in [6, 6.07) is 0. The average molecular weight is 248 g/mol. The van der Waals surface area contributed by atoms with Crippen molar-refractivity contribution >= 4 is 5.78 Å². The van der Waals surface area contributed by atoms with Crippen LogP contribution in [-0.4, -0.2) is 25.5 Å². The minimum Gasteiger partial charge on any atom is -0.338 e. The number of rotatable bonds is 3. The molecule has 0 aliphatic carbocycles.